The lowest BCUT2D eigenvalue weighted by Crippen LogP contribution is -2.51. The maximum atomic E-state index is 12.2. The van der Waals surface area contributed by atoms with Gasteiger partial charge in [0.05, 0.1) is 6.61 Å². The van der Waals surface area contributed by atoms with Gasteiger partial charge in [-0.3, -0.25) is 4.90 Å². The summed E-state index contributed by atoms with van der Waals surface area (Å²) in [5, 5.41) is 0. The SMILES string of the molecule is CC(C)(C)OC(=O)N1CCN(C2CCOc3ccccc32)CC1. The Morgan fingerprint density at radius 2 is 1.87 bits per heavy atom. The summed E-state index contributed by atoms with van der Waals surface area (Å²) in [7, 11) is 0. The van der Waals surface area contributed by atoms with E-state index in [1.165, 1.54) is 5.56 Å². The number of piperazine rings is 1. The first-order chi connectivity index (χ1) is 10.9. The van der Waals surface area contributed by atoms with E-state index >= 15 is 0 Å². The largest absolute Gasteiger partial charge is 0.493 e. The Morgan fingerprint density at radius 3 is 2.57 bits per heavy atom. The van der Waals surface area contributed by atoms with Gasteiger partial charge in [0.15, 0.2) is 0 Å². The van der Waals surface area contributed by atoms with Crippen molar-refractivity contribution >= 4 is 6.09 Å². The number of hydrogen-bond acceptors (Lipinski definition) is 4. The maximum Gasteiger partial charge on any atom is 0.410 e. The molecule has 1 aromatic carbocycles. The van der Waals surface area contributed by atoms with E-state index in [2.05, 4.69) is 17.0 Å². The Balaban J connectivity index is 1.61. The third-order valence-corrected chi connectivity index (χ3v) is 4.33. The molecule has 3 rings (SSSR count). The minimum Gasteiger partial charge on any atom is -0.493 e. The predicted molar refractivity (Wildman–Crippen MR) is 88.7 cm³/mol. The molecular weight excluding hydrogens is 292 g/mol. The second-order valence-corrected chi connectivity index (χ2v) is 7.19. The third-order valence-electron chi connectivity index (χ3n) is 4.33. The lowest BCUT2D eigenvalue weighted by Gasteiger charge is -2.41. The van der Waals surface area contributed by atoms with Crippen LogP contribution in [0, 0.1) is 0 Å². The van der Waals surface area contributed by atoms with Crippen LogP contribution in [0.25, 0.3) is 0 Å². The van der Waals surface area contributed by atoms with E-state index in [1.54, 1.807) is 0 Å². The van der Waals surface area contributed by atoms with Crippen LogP contribution in [0.2, 0.25) is 0 Å². The average Bonchev–Trinajstić information content (AvgIpc) is 2.53. The topological polar surface area (TPSA) is 42.0 Å². The highest BCUT2D eigenvalue weighted by Crippen LogP contribution is 2.36. The van der Waals surface area contributed by atoms with Gasteiger partial charge in [0.25, 0.3) is 0 Å². The second-order valence-electron chi connectivity index (χ2n) is 7.19. The highest BCUT2D eigenvalue weighted by atomic mass is 16.6. The number of nitrogens with zero attached hydrogens (tertiary/aromatic N) is 2. The number of para-hydroxylation sites is 1. The van der Waals surface area contributed by atoms with Gasteiger partial charge in [-0.1, -0.05) is 18.2 Å². The van der Waals surface area contributed by atoms with Gasteiger partial charge < -0.3 is 14.4 Å². The zero-order valence-electron chi connectivity index (χ0n) is 14.2. The molecule has 1 aromatic rings. The molecule has 0 spiro atoms. The zero-order chi connectivity index (χ0) is 16.4. The molecule has 126 valence electrons. The number of fused-ring (bicyclic) bond motifs is 1. The van der Waals surface area contributed by atoms with E-state index in [0.717, 1.165) is 31.9 Å². The lowest BCUT2D eigenvalue weighted by atomic mass is 9.98. The predicted octanol–water partition coefficient (Wildman–Crippen LogP) is 3.06. The standard InChI is InChI=1S/C18H26N2O3/c1-18(2,3)23-17(21)20-11-9-19(10-12-20)15-8-13-22-16-7-5-4-6-14(15)16/h4-7,15H,8-13H2,1-3H3. The van der Waals surface area contributed by atoms with Gasteiger partial charge in [-0.15, -0.1) is 0 Å². The van der Waals surface area contributed by atoms with Crippen LogP contribution in [0.5, 0.6) is 5.75 Å². The molecule has 0 radical (unpaired) electrons. The summed E-state index contributed by atoms with van der Waals surface area (Å²) in [4.78, 5) is 16.4. The highest BCUT2D eigenvalue weighted by molar-refractivity contribution is 5.68. The smallest absolute Gasteiger partial charge is 0.410 e. The molecule has 2 heterocycles. The molecule has 1 unspecified atom stereocenters. The molecule has 5 heteroatoms. The fourth-order valence-corrected chi connectivity index (χ4v) is 3.25. The Morgan fingerprint density at radius 1 is 1.17 bits per heavy atom. The van der Waals surface area contributed by atoms with Crippen LogP contribution in [-0.2, 0) is 4.74 Å². The fourth-order valence-electron chi connectivity index (χ4n) is 3.25. The van der Waals surface area contributed by atoms with Crippen molar-refractivity contribution < 1.29 is 14.3 Å². The number of amides is 1. The quantitative estimate of drug-likeness (QED) is 0.798. The van der Waals surface area contributed by atoms with Crippen LogP contribution >= 0.6 is 0 Å². The van der Waals surface area contributed by atoms with Gasteiger partial charge in [0, 0.05) is 44.2 Å². The van der Waals surface area contributed by atoms with Crippen molar-refractivity contribution in [1.82, 2.24) is 9.80 Å². The van der Waals surface area contributed by atoms with Crippen LogP contribution in [0.1, 0.15) is 38.8 Å². The first-order valence-electron chi connectivity index (χ1n) is 8.38. The summed E-state index contributed by atoms with van der Waals surface area (Å²) in [6.07, 6.45) is 0.799. The first-order valence-corrected chi connectivity index (χ1v) is 8.38. The van der Waals surface area contributed by atoms with E-state index < -0.39 is 5.60 Å². The molecule has 0 aromatic heterocycles. The Labute approximate surface area is 138 Å². The van der Waals surface area contributed by atoms with Crippen LogP contribution in [0.3, 0.4) is 0 Å². The van der Waals surface area contributed by atoms with Crippen LogP contribution in [0.4, 0.5) is 4.79 Å². The monoisotopic (exact) mass is 318 g/mol. The van der Waals surface area contributed by atoms with E-state index in [9.17, 15) is 4.79 Å². The molecule has 2 aliphatic rings. The van der Waals surface area contributed by atoms with E-state index in [0.29, 0.717) is 19.1 Å². The third kappa shape index (κ3) is 3.78. The molecule has 1 atom stereocenters. The van der Waals surface area contributed by atoms with Crippen molar-refractivity contribution in [2.24, 2.45) is 0 Å². The minimum atomic E-state index is -0.437. The molecule has 23 heavy (non-hydrogen) atoms. The van der Waals surface area contributed by atoms with Crippen LogP contribution in [0.15, 0.2) is 24.3 Å². The van der Waals surface area contributed by atoms with Crippen molar-refractivity contribution in [2.75, 3.05) is 32.8 Å². The van der Waals surface area contributed by atoms with Crippen molar-refractivity contribution in [3.05, 3.63) is 29.8 Å². The fraction of sp³-hybridized carbons (Fsp3) is 0.611. The number of hydrogen-bond donors (Lipinski definition) is 0. The Hall–Kier alpha value is -1.75. The van der Waals surface area contributed by atoms with E-state index in [1.807, 2.05) is 37.8 Å². The molecule has 0 bridgehead atoms. The van der Waals surface area contributed by atoms with Gasteiger partial charge in [-0.05, 0) is 26.8 Å². The maximum absolute atomic E-state index is 12.2. The van der Waals surface area contributed by atoms with Crippen molar-refractivity contribution in [3.8, 4) is 5.75 Å². The van der Waals surface area contributed by atoms with Crippen molar-refractivity contribution in [3.63, 3.8) is 0 Å². The molecule has 1 amide bonds. The van der Waals surface area contributed by atoms with Gasteiger partial charge in [-0.25, -0.2) is 4.79 Å². The van der Waals surface area contributed by atoms with Crippen molar-refractivity contribution in [2.45, 2.75) is 38.8 Å². The van der Waals surface area contributed by atoms with Gasteiger partial charge in [0.1, 0.15) is 11.4 Å². The summed E-state index contributed by atoms with van der Waals surface area (Å²) < 4.78 is 11.2. The molecule has 0 N–H and O–H groups in total. The average molecular weight is 318 g/mol. The highest BCUT2D eigenvalue weighted by Gasteiger charge is 2.31. The normalized spacial score (nSPS) is 22.2. The molecule has 0 aliphatic carbocycles. The van der Waals surface area contributed by atoms with E-state index in [4.69, 9.17) is 9.47 Å². The van der Waals surface area contributed by atoms with Gasteiger partial charge in [0.2, 0.25) is 0 Å². The number of benzene rings is 1. The summed E-state index contributed by atoms with van der Waals surface area (Å²) >= 11 is 0. The first kappa shape index (κ1) is 16.1. The second kappa shape index (κ2) is 6.40. The molecular formula is C18H26N2O3. The molecule has 5 nitrogen and oxygen atoms in total. The molecule has 0 saturated carbocycles. The zero-order valence-corrected chi connectivity index (χ0v) is 14.2. The van der Waals surface area contributed by atoms with Crippen LogP contribution in [-0.4, -0.2) is 54.3 Å². The number of ether oxygens (including phenoxy) is 2. The lowest BCUT2D eigenvalue weighted by molar-refractivity contribution is 0.00778. The molecule has 1 fully saturated rings. The minimum absolute atomic E-state index is 0.204. The number of rotatable bonds is 1. The molecule has 1 saturated heterocycles. The van der Waals surface area contributed by atoms with Gasteiger partial charge >= 0.3 is 6.09 Å². The summed E-state index contributed by atoms with van der Waals surface area (Å²) in [6.45, 7) is 9.65. The molecule has 2 aliphatic heterocycles. The number of carbonyl (C=O) groups is 1. The van der Waals surface area contributed by atoms with Crippen LogP contribution < -0.4 is 4.74 Å². The van der Waals surface area contributed by atoms with E-state index in [-0.39, 0.29) is 6.09 Å². The Kier molecular flexibility index (Phi) is 4.48. The summed E-state index contributed by atoms with van der Waals surface area (Å²) in [6, 6.07) is 8.66. The van der Waals surface area contributed by atoms with Crippen molar-refractivity contribution in [1.29, 1.82) is 0 Å². The Bertz CT molecular complexity index is 560. The summed E-state index contributed by atoms with van der Waals surface area (Å²) in [5.74, 6) is 0.998. The van der Waals surface area contributed by atoms with Gasteiger partial charge in [-0.2, -0.15) is 0 Å². The number of carbonyl (C=O) groups excluding carboxylic acids is 1. The summed E-state index contributed by atoms with van der Waals surface area (Å²) in [5.41, 5.74) is 0.831.